The summed E-state index contributed by atoms with van der Waals surface area (Å²) in [4.78, 5) is 0. The molecule has 0 spiro atoms. The monoisotopic (exact) mass is 225 g/mol. The van der Waals surface area contributed by atoms with Gasteiger partial charge in [-0.25, -0.2) is 0 Å². The van der Waals surface area contributed by atoms with Gasteiger partial charge in [0.15, 0.2) is 0 Å². The van der Waals surface area contributed by atoms with Crippen molar-refractivity contribution in [3.05, 3.63) is 0 Å². The lowest BCUT2D eigenvalue weighted by Crippen LogP contribution is -2.43. The van der Waals surface area contributed by atoms with E-state index in [0.29, 0.717) is 6.04 Å². The van der Waals surface area contributed by atoms with Gasteiger partial charge in [-0.2, -0.15) is 0 Å². The summed E-state index contributed by atoms with van der Waals surface area (Å²) in [6, 6.07) is 0.671. The summed E-state index contributed by atoms with van der Waals surface area (Å²) in [7, 11) is 0. The van der Waals surface area contributed by atoms with Crippen molar-refractivity contribution in [1.29, 1.82) is 0 Å². The van der Waals surface area contributed by atoms with E-state index in [1.165, 1.54) is 57.8 Å². The lowest BCUT2D eigenvalue weighted by atomic mass is 9.95. The molecular formula is C14H27NO. The molecule has 0 unspecified atom stereocenters. The van der Waals surface area contributed by atoms with Crippen LogP contribution in [0, 0.1) is 0 Å². The molecule has 2 aliphatic carbocycles. The molecule has 0 bridgehead atoms. The maximum Gasteiger partial charge on any atom is 0.0771 e. The molecule has 0 atom stereocenters. The largest absolute Gasteiger partial charge is 0.389 e. The fraction of sp³-hybridized carbons (Fsp3) is 1.00. The fourth-order valence-corrected chi connectivity index (χ4v) is 3.20. The Labute approximate surface area is 99.8 Å². The van der Waals surface area contributed by atoms with Gasteiger partial charge in [-0.3, -0.25) is 0 Å². The zero-order chi connectivity index (χ0) is 11.3. The SMILES string of the molecule is OC1(CNC2CCCCCCC2)CCCC1. The van der Waals surface area contributed by atoms with Gasteiger partial charge in [0.05, 0.1) is 5.60 Å². The Hall–Kier alpha value is -0.0800. The van der Waals surface area contributed by atoms with Crippen LogP contribution in [0.1, 0.15) is 70.6 Å². The Morgan fingerprint density at radius 2 is 1.44 bits per heavy atom. The first-order chi connectivity index (χ1) is 7.79. The Balaban J connectivity index is 1.70. The summed E-state index contributed by atoms with van der Waals surface area (Å²) in [6.07, 6.45) is 14.0. The van der Waals surface area contributed by atoms with Crippen LogP contribution in [0.2, 0.25) is 0 Å². The predicted molar refractivity (Wildman–Crippen MR) is 67.5 cm³/mol. The van der Waals surface area contributed by atoms with Crippen LogP contribution in [-0.4, -0.2) is 23.3 Å². The van der Waals surface area contributed by atoms with Crippen molar-refractivity contribution in [3.8, 4) is 0 Å². The second-order valence-corrected chi connectivity index (χ2v) is 5.85. The topological polar surface area (TPSA) is 32.3 Å². The molecule has 0 heterocycles. The Morgan fingerprint density at radius 3 is 2.06 bits per heavy atom. The van der Waals surface area contributed by atoms with Gasteiger partial charge in [0.25, 0.3) is 0 Å². The Kier molecular flexibility index (Phi) is 4.66. The summed E-state index contributed by atoms with van der Waals surface area (Å²) in [5, 5.41) is 13.9. The summed E-state index contributed by atoms with van der Waals surface area (Å²) in [5.41, 5.74) is -0.373. The number of hydrogen-bond donors (Lipinski definition) is 2. The van der Waals surface area contributed by atoms with Gasteiger partial charge in [0.1, 0.15) is 0 Å². The summed E-state index contributed by atoms with van der Waals surface area (Å²) < 4.78 is 0. The summed E-state index contributed by atoms with van der Waals surface area (Å²) in [6.45, 7) is 0.831. The lowest BCUT2D eigenvalue weighted by molar-refractivity contribution is 0.0438. The Morgan fingerprint density at radius 1 is 0.875 bits per heavy atom. The number of aliphatic hydroxyl groups is 1. The molecule has 0 aliphatic heterocycles. The molecule has 2 heteroatoms. The molecule has 2 aliphatic rings. The molecule has 0 radical (unpaired) electrons. The van der Waals surface area contributed by atoms with Crippen molar-refractivity contribution in [2.45, 2.75) is 82.3 Å². The average molecular weight is 225 g/mol. The third-order valence-corrected chi connectivity index (χ3v) is 4.36. The average Bonchev–Trinajstić information content (AvgIpc) is 2.64. The highest BCUT2D eigenvalue weighted by atomic mass is 16.3. The minimum atomic E-state index is -0.373. The van der Waals surface area contributed by atoms with Crippen molar-refractivity contribution < 1.29 is 5.11 Å². The van der Waals surface area contributed by atoms with Crippen LogP contribution in [0.5, 0.6) is 0 Å². The van der Waals surface area contributed by atoms with Crippen molar-refractivity contribution in [2.24, 2.45) is 0 Å². The van der Waals surface area contributed by atoms with E-state index in [2.05, 4.69) is 5.32 Å². The highest BCUT2D eigenvalue weighted by molar-refractivity contribution is 4.87. The highest BCUT2D eigenvalue weighted by Crippen LogP contribution is 2.29. The molecule has 0 aromatic heterocycles. The minimum absolute atomic E-state index is 0.373. The molecule has 0 aromatic carbocycles. The molecule has 16 heavy (non-hydrogen) atoms. The molecule has 0 aromatic rings. The fourth-order valence-electron chi connectivity index (χ4n) is 3.20. The van der Waals surface area contributed by atoms with Crippen LogP contribution in [-0.2, 0) is 0 Å². The van der Waals surface area contributed by atoms with Crippen LogP contribution >= 0.6 is 0 Å². The van der Waals surface area contributed by atoms with Crippen molar-refractivity contribution in [2.75, 3.05) is 6.54 Å². The van der Waals surface area contributed by atoms with Crippen LogP contribution in [0.15, 0.2) is 0 Å². The molecule has 2 N–H and O–H groups in total. The van der Waals surface area contributed by atoms with Gasteiger partial charge in [0.2, 0.25) is 0 Å². The number of rotatable bonds is 3. The molecular weight excluding hydrogens is 198 g/mol. The second-order valence-electron chi connectivity index (χ2n) is 5.85. The maximum absolute atomic E-state index is 10.3. The standard InChI is InChI=1S/C14H27NO/c16-14(10-6-7-11-14)12-15-13-8-4-2-1-3-5-9-13/h13,15-16H,1-12H2. The first-order valence-corrected chi connectivity index (χ1v) is 7.24. The molecule has 0 saturated heterocycles. The summed E-state index contributed by atoms with van der Waals surface area (Å²) >= 11 is 0. The van der Waals surface area contributed by atoms with E-state index < -0.39 is 0 Å². The van der Waals surface area contributed by atoms with Gasteiger partial charge in [0, 0.05) is 12.6 Å². The molecule has 0 amide bonds. The van der Waals surface area contributed by atoms with Crippen LogP contribution in [0.4, 0.5) is 0 Å². The van der Waals surface area contributed by atoms with Gasteiger partial charge < -0.3 is 10.4 Å². The van der Waals surface area contributed by atoms with Crippen LogP contribution < -0.4 is 5.32 Å². The van der Waals surface area contributed by atoms with Crippen molar-refractivity contribution >= 4 is 0 Å². The van der Waals surface area contributed by atoms with E-state index in [1.54, 1.807) is 0 Å². The third kappa shape index (κ3) is 3.74. The molecule has 2 rings (SSSR count). The number of nitrogens with one attached hydrogen (secondary N) is 1. The smallest absolute Gasteiger partial charge is 0.0771 e. The Bertz CT molecular complexity index is 191. The van der Waals surface area contributed by atoms with E-state index in [9.17, 15) is 5.11 Å². The van der Waals surface area contributed by atoms with E-state index in [1.807, 2.05) is 0 Å². The zero-order valence-corrected chi connectivity index (χ0v) is 10.5. The van der Waals surface area contributed by atoms with E-state index >= 15 is 0 Å². The predicted octanol–water partition coefficient (Wildman–Crippen LogP) is 2.99. The van der Waals surface area contributed by atoms with Crippen molar-refractivity contribution in [3.63, 3.8) is 0 Å². The van der Waals surface area contributed by atoms with Crippen LogP contribution in [0.25, 0.3) is 0 Å². The number of hydrogen-bond acceptors (Lipinski definition) is 2. The van der Waals surface area contributed by atoms with Gasteiger partial charge in [-0.1, -0.05) is 44.9 Å². The molecule has 94 valence electrons. The van der Waals surface area contributed by atoms with E-state index in [4.69, 9.17) is 0 Å². The minimum Gasteiger partial charge on any atom is -0.389 e. The summed E-state index contributed by atoms with van der Waals surface area (Å²) in [5.74, 6) is 0. The molecule has 2 saturated carbocycles. The van der Waals surface area contributed by atoms with E-state index in [0.717, 1.165) is 19.4 Å². The van der Waals surface area contributed by atoms with E-state index in [-0.39, 0.29) is 5.60 Å². The highest BCUT2D eigenvalue weighted by Gasteiger charge is 2.31. The maximum atomic E-state index is 10.3. The molecule has 2 fully saturated rings. The second kappa shape index (κ2) is 6.02. The third-order valence-electron chi connectivity index (χ3n) is 4.36. The first kappa shape index (κ1) is 12.4. The quantitative estimate of drug-likeness (QED) is 0.774. The zero-order valence-electron chi connectivity index (χ0n) is 10.5. The molecule has 2 nitrogen and oxygen atoms in total. The van der Waals surface area contributed by atoms with Crippen molar-refractivity contribution in [1.82, 2.24) is 5.32 Å². The lowest BCUT2D eigenvalue weighted by Gasteiger charge is -2.27. The normalized spacial score (nSPS) is 27.6. The van der Waals surface area contributed by atoms with Crippen LogP contribution in [0.3, 0.4) is 0 Å². The van der Waals surface area contributed by atoms with Gasteiger partial charge in [-0.15, -0.1) is 0 Å². The first-order valence-electron chi connectivity index (χ1n) is 7.24. The van der Waals surface area contributed by atoms with Gasteiger partial charge in [-0.05, 0) is 25.7 Å². The van der Waals surface area contributed by atoms with Gasteiger partial charge >= 0.3 is 0 Å².